The monoisotopic (exact) mass is 275 g/mol. The van der Waals surface area contributed by atoms with Crippen LogP contribution in [0.15, 0.2) is 0 Å². The fourth-order valence-corrected chi connectivity index (χ4v) is 2.69. The van der Waals surface area contributed by atoms with E-state index >= 15 is 0 Å². The first-order valence-corrected chi connectivity index (χ1v) is 6.08. The quantitative estimate of drug-likeness (QED) is 0.750. The molecular weight excluding hydrogens is 266 g/mol. The molecule has 0 aliphatic carbocycles. The van der Waals surface area contributed by atoms with Crippen molar-refractivity contribution in [1.29, 1.82) is 0 Å². The van der Waals surface area contributed by atoms with E-state index in [1.54, 1.807) is 11.8 Å². The number of anilines is 1. The summed E-state index contributed by atoms with van der Waals surface area (Å²) < 4.78 is 0. The average molecular weight is 276 g/mol. The summed E-state index contributed by atoms with van der Waals surface area (Å²) in [5, 5.41) is 11.9. The van der Waals surface area contributed by atoms with Crippen LogP contribution in [0.1, 0.15) is 11.8 Å². The molecule has 8 heteroatoms. The maximum Gasteiger partial charge on any atom is 0.249 e. The number of aromatic nitrogens is 1. The van der Waals surface area contributed by atoms with Crippen molar-refractivity contribution < 1.29 is 14.7 Å². The van der Waals surface area contributed by atoms with E-state index in [1.807, 2.05) is 0 Å². The Morgan fingerprint density at radius 2 is 2.35 bits per heavy atom. The molecule has 1 aromatic heterocycles. The fraction of sp³-hybridized carbons (Fsp3) is 0.444. The number of nitrogens with zero attached hydrogens (tertiary/aromatic N) is 2. The zero-order valence-corrected chi connectivity index (χ0v) is 10.5. The Kier molecular flexibility index (Phi) is 3.32. The Hall–Kier alpha value is -1.18. The molecule has 0 bridgehead atoms. The molecular formula is C9H10ClN3O3S. The van der Waals surface area contributed by atoms with E-state index in [4.69, 9.17) is 16.7 Å². The van der Waals surface area contributed by atoms with Gasteiger partial charge in [-0.3, -0.25) is 14.9 Å². The zero-order valence-electron chi connectivity index (χ0n) is 8.94. The topological polar surface area (TPSA) is 82.5 Å². The minimum absolute atomic E-state index is 0.0572. The van der Waals surface area contributed by atoms with Gasteiger partial charge in [-0.15, -0.1) is 0 Å². The van der Waals surface area contributed by atoms with Crippen LogP contribution in [0.2, 0.25) is 5.15 Å². The number of aliphatic hydroxyl groups excluding tert-OH is 1. The minimum atomic E-state index is -0.485. The smallest absolute Gasteiger partial charge is 0.249 e. The van der Waals surface area contributed by atoms with Gasteiger partial charge in [-0.25, -0.2) is 4.98 Å². The van der Waals surface area contributed by atoms with Crippen molar-refractivity contribution in [3.05, 3.63) is 10.0 Å². The summed E-state index contributed by atoms with van der Waals surface area (Å²) in [5.74, 6) is -0.733. The first-order chi connectivity index (χ1) is 8.02. The van der Waals surface area contributed by atoms with Gasteiger partial charge in [-0.05, 0) is 6.92 Å². The molecule has 2 N–H and O–H groups in total. The lowest BCUT2D eigenvalue weighted by atomic mass is 10.2. The van der Waals surface area contributed by atoms with Gasteiger partial charge in [0.2, 0.25) is 11.8 Å². The third kappa shape index (κ3) is 2.26. The van der Waals surface area contributed by atoms with Gasteiger partial charge in [-0.2, -0.15) is 0 Å². The summed E-state index contributed by atoms with van der Waals surface area (Å²) in [6.45, 7) is 1.52. The van der Waals surface area contributed by atoms with Gasteiger partial charge in [-0.1, -0.05) is 22.9 Å². The van der Waals surface area contributed by atoms with Crippen molar-refractivity contribution in [2.45, 2.75) is 19.6 Å². The zero-order chi connectivity index (χ0) is 12.6. The van der Waals surface area contributed by atoms with Gasteiger partial charge < -0.3 is 10.0 Å². The number of imide groups is 1. The van der Waals surface area contributed by atoms with Gasteiger partial charge >= 0.3 is 0 Å². The van der Waals surface area contributed by atoms with Crippen LogP contribution in [0, 0.1) is 0 Å². The number of thiazole rings is 1. The van der Waals surface area contributed by atoms with Crippen molar-refractivity contribution in [2.75, 3.05) is 11.4 Å². The van der Waals surface area contributed by atoms with E-state index in [9.17, 15) is 9.59 Å². The van der Waals surface area contributed by atoms with Crippen LogP contribution >= 0.6 is 22.9 Å². The Bertz CT molecular complexity index is 476. The molecule has 0 aromatic carbocycles. The van der Waals surface area contributed by atoms with Gasteiger partial charge in [0.1, 0.15) is 17.7 Å². The van der Waals surface area contributed by atoms with Crippen molar-refractivity contribution in [3.63, 3.8) is 0 Å². The van der Waals surface area contributed by atoms with Crippen LogP contribution in [0.5, 0.6) is 0 Å². The molecule has 1 aliphatic heterocycles. The fourth-order valence-electron chi connectivity index (χ4n) is 1.49. The molecule has 0 saturated carbocycles. The number of nitrogens with one attached hydrogen (secondary N) is 1. The molecule has 0 radical (unpaired) electrons. The van der Waals surface area contributed by atoms with E-state index < -0.39 is 6.04 Å². The molecule has 92 valence electrons. The highest BCUT2D eigenvalue weighted by Gasteiger charge is 2.32. The number of hydrogen-bond acceptors (Lipinski definition) is 6. The highest BCUT2D eigenvalue weighted by atomic mass is 35.5. The van der Waals surface area contributed by atoms with Crippen LogP contribution in [-0.4, -0.2) is 34.5 Å². The number of aliphatic hydroxyl groups is 1. The molecule has 17 heavy (non-hydrogen) atoms. The first kappa shape index (κ1) is 12.3. The number of carbonyl (C=O) groups excluding carboxylic acids is 2. The molecule has 2 amide bonds. The molecule has 2 rings (SSSR count). The predicted molar refractivity (Wildman–Crippen MR) is 63.0 cm³/mol. The molecule has 2 heterocycles. The highest BCUT2D eigenvalue weighted by molar-refractivity contribution is 7.16. The molecule has 1 aliphatic rings. The highest BCUT2D eigenvalue weighted by Crippen LogP contribution is 2.31. The number of rotatable bonds is 2. The lowest BCUT2D eigenvalue weighted by molar-refractivity contribution is -0.132. The second kappa shape index (κ2) is 4.59. The summed E-state index contributed by atoms with van der Waals surface area (Å²) in [4.78, 5) is 28.9. The molecule has 1 aromatic rings. The Morgan fingerprint density at radius 3 is 2.94 bits per heavy atom. The normalized spacial score (nSPS) is 20.6. The lowest BCUT2D eigenvalue weighted by Gasteiger charge is -2.31. The summed E-state index contributed by atoms with van der Waals surface area (Å²) in [7, 11) is 0. The SMILES string of the molecule is CC1C(=O)NC(=O)CN1c1nc(Cl)c(CO)s1. The number of carbonyl (C=O) groups is 2. The van der Waals surface area contributed by atoms with Crippen LogP contribution in [0.3, 0.4) is 0 Å². The standard InChI is InChI=1S/C9H10ClN3O3S/c1-4-8(16)11-6(15)2-13(4)9-12-7(10)5(3-14)17-9/h4,14H,2-3H2,1H3,(H,11,15,16). The van der Waals surface area contributed by atoms with Gasteiger partial charge in [0.15, 0.2) is 5.13 Å². The molecule has 0 spiro atoms. The van der Waals surface area contributed by atoms with E-state index in [0.717, 1.165) is 0 Å². The molecule has 1 fully saturated rings. The minimum Gasteiger partial charge on any atom is -0.391 e. The van der Waals surface area contributed by atoms with Crippen molar-refractivity contribution in [3.8, 4) is 0 Å². The van der Waals surface area contributed by atoms with Gasteiger partial charge in [0.25, 0.3) is 0 Å². The Morgan fingerprint density at radius 1 is 1.65 bits per heavy atom. The summed E-state index contributed by atoms with van der Waals surface area (Å²) in [6.07, 6.45) is 0. The third-order valence-electron chi connectivity index (χ3n) is 2.45. The largest absolute Gasteiger partial charge is 0.391 e. The van der Waals surface area contributed by atoms with Crippen molar-refractivity contribution in [2.24, 2.45) is 0 Å². The van der Waals surface area contributed by atoms with Crippen LogP contribution in [-0.2, 0) is 16.2 Å². The Labute approximate surface area is 106 Å². The number of hydrogen-bond donors (Lipinski definition) is 2. The second-order valence-corrected chi connectivity index (χ2v) is 5.00. The van der Waals surface area contributed by atoms with Crippen LogP contribution < -0.4 is 10.2 Å². The molecule has 1 saturated heterocycles. The van der Waals surface area contributed by atoms with E-state index in [2.05, 4.69) is 10.3 Å². The molecule has 1 atom stereocenters. The predicted octanol–water partition coefficient (Wildman–Crippen LogP) is 0.140. The maximum absolute atomic E-state index is 11.5. The maximum atomic E-state index is 11.5. The van der Waals surface area contributed by atoms with Crippen LogP contribution in [0.4, 0.5) is 5.13 Å². The molecule has 6 nitrogen and oxygen atoms in total. The van der Waals surface area contributed by atoms with Crippen molar-refractivity contribution in [1.82, 2.24) is 10.3 Å². The second-order valence-electron chi connectivity index (χ2n) is 3.58. The summed E-state index contributed by atoms with van der Waals surface area (Å²) >= 11 is 6.99. The van der Waals surface area contributed by atoms with Crippen LogP contribution in [0.25, 0.3) is 0 Å². The number of piperazine rings is 1. The van der Waals surface area contributed by atoms with E-state index in [0.29, 0.717) is 10.0 Å². The van der Waals surface area contributed by atoms with Gasteiger partial charge in [0.05, 0.1) is 11.5 Å². The summed E-state index contributed by atoms with van der Waals surface area (Å²) in [6, 6.07) is -0.485. The summed E-state index contributed by atoms with van der Waals surface area (Å²) in [5.41, 5.74) is 0. The lowest BCUT2D eigenvalue weighted by Crippen LogP contribution is -2.57. The van der Waals surface area contributed by atoms with Gasteiger partial charge in [0, 0.05) is 0 Å². The first-order valence-electron chi connectivity index (χ1n) is 4.89. The van der Waals surface area contributed by atoms with E-state index in [1.165, 1.54) is 11.3 Å². The Balaban J connectivity index is 2.31. The third-order valence-corrected chi connectivity index (χ3v) is 3.95. The van der Waals surface area contributed by atoms with E-state index in [-0.39, 0.29) is 30.1 Å². The molecule has 1 unspecified atom stereocenters. The number of halogens is 1. The average Bonchev–Trinajstić information content (AvgIpc) is 2.64. The van der Waals surface area contributed by atoms with Crippen molar-refractivity contribution >= 4 is 39.9 Å². The number of amides is 2.